The molecule has 2 atom stereocenters. The van der Waals surface area contributed by atoms with Crippen molar-refractivity contribution >= 4 is 7.37 Å². The highest BCUT2D eigenvalue weighted by atomic mass is 31.2. The van der Waals surface area contributed by atoms with E-state index in [2.05, 4.69) is 13.8 Å². The quantitative estimate of drug-likeness (QED) is 0.631. The minimum Gasteiger partial charge on any atom is -0.344 e. The summed E-state index contributed by atoms with van der Waals surface area (Å²) in [7, 11) is -2.95. The Hall–Kier alpha value is 0.190. The van der Waals surface area contributed by atoms with Crippen LogP contribution in [0.25, 0.3) is 0 Å². The second-order valence-corrected chi connectivity index (χ2v) is 7.18. The molecule has 0 saturated carbocycles. The highest BCUT2D eigenvalue weighted by Gasteiger charge is 2.35. The topological polar surface area (TPSA) is 37.3 Å². The van der Waals surface area contributed by atoms with Gasteiger partial charge in [0, 0.05) is 11.3 Å². The third-order valence-electron chi connectivity index (χ3n) is 3.23. The fourth-order valence-electron chi connectivity index (χ4n) is 2.27. The van der Waals surface area contributed by atoms with Gasteiger partial charge in [0.05, 0.1) is 0 Å². The van der Waals surface area contributed by atoms with E-state index in [1.807, 2.05) is 13.8 Å². The lowest BCUT2D eigenvalue weighted by Gasteiger charge is -2.28. The van der Waals surface area contributed by atoms with Crippen LogP contribution in [0.4, 0.5) is 0 Å². The van der Waals surface area contributed by atoms with Crippen LogP contribution in [-0.2, 0) is 4.57 Å². The van der Waals surface area contributed by atoms with Crippen LogP contribution >= 0.6 is 7.37 Å². The van der Waals surface area contributed by atoms with Crippen LogP contribution in [-0.4, -0.2) is 16.2 Å². The van der Waals surface area contributed by atoms with Gasteiger partial charge in [-0.25, -0.2) is 0 Å². The molecule has 0 aromatic rings. The molecule has 0 aromatic heterocycles. The molecule has 0 aliphatic carbocycles. The molecule has 2 unspecified atom stereocenters. The van der Waals surface area contributed by atoms with Gasteiger partial charge in [0.25, 0.3) is 0 Å². The summed E-state index contributed by atoms with van der Waals surface area (Å²) in [5.41, 5.74) is 0.0537. The molecule has 3 heteroatoms. The molecule has 0 radical (unpaired) electrons. The summed E-state index contributed by atoms with van der Waals surface area (Å²) >= 11 is 0. The maximum absolute atomic E-state index is 12.4. The van der Waals surface area contributed by atoms with Gasteiger partial charge in [0.1, 0.15) is 0 Å². The molecular weight excluding hydrogens is 207 g/mol. The second-order valence-electron chi connectivity index (χ2n) is 4.37. The largest absolute Gasteiger partial charge is 0.344 e. The molecule has 0 aliphatic rings. The van der Waals surface area contributed by atoms with Crippen molar-refractivity contribution in [2.45, 2.75) is 77.5 Å². The van der Waals surface area contributed by atoms with Crippen molar-refractivity contribution in [2.24, 2.45) is 0 Å². The molecule has 92 valence electrons. The molecular formula is C12H27O2P. The molecule has 2 nitrogen and oxygen atoms in total. The monoisotopic (exact) mass is 234 g/mol. The molecule has 0 bridgehead atoms. The predicted molar refractivity (Wildman–Crippen MR) is 67.8 cm³/mol. The van der Waals surface area contributed by atoms with E-state index < -0.39 is 7.37 Å². The Bertz CT molecular complexity index is 186. The number of hydrogen-bond acceptors (Lipinski definition) is 1. The Morgan fingerprint density at radius 2 is 1.27 bits per heavy atom. The second kappa shape index (κ2) is 7.46. The summed E-state index contributed by atoms with van der Waals surface area (Å²) in [6.45, 7) is 8.23. The highest BCUT2D eigenvalue weighted by Crippen LogP contribution is 2.56. The third kappa shape index (κ3) is 4.28. The van der Waals surface area contributed by atoms with Gasteiger partial charge in [0.15, 0.2) is 0 Å². The lowest BCUT2D eigenvalue weighted by Crippen LogP contribution is -2.17. The summed E-state index contributed by atoms with van der Waals surface area (Å²) in [6, 6.07) is 0. The molecule has 0 spiro atoms. The summed E-state index contributed by atoms with van der Waals surface area (Å²) in [5, 5.41) is 0. The first-order chi connectivity index (χ1) is 7.04. The maximum atomic E-state index is 12.4. The fourth-order valence-corrected chi connectivity index (χ4v) is 5.16. The summed E-state index contributed by atoms with van der Waals surface area (Å²) in [4.78, 5) is 10.3. The van der Waals surface area contributed by atoms with Gasteiger partial charge in [-0.15, -0.1) is 0 Å². The molecule has 0 heterocycles. The van der Waals surface area contributed by atoms with E-state index in [9.17, 15) is 9.46 Å². The molecule has 0 aliphatic heterocycles. The van der Waals surface area contributed by atoms with Crippen molar-refractivity contribution in [2.75, 3.05) is 0 Å². The van der Waals surface area contributed by atoms with Gasteiger partial charge in [-0.2, -0.15) is 0 Å². The molecule has 0 rings (SSSR count). The van der Waals surface area contributed by atoms with E-state index in [0.29, 0.717) is 0 Å². The van der Waals surface area contributed by atoms with Crippen LogP contribution in [0.5, 0.6) is 0 Å². The van der Waals surface area contributed by atoms with Crippen LogP contribution in [0.2, 0.25) is 0 Å². The molecule has 1 N–H and O–H groups in total. The minimum absolute atomic E-state index is 0.0269. The van der Waals surface area contributed by atoms with Crippen LogP contribution < -0.4 is 0 Å². The van der Waals surface area contributed by atoms with Crippen molar-refractivity contribution in [3.8, 4) is 0 Å². The van der Waals surface area contributed by atoms with Gasteiger partial charge in [-0.1, -0.05) is 40.5 Å². The van der Waals surface area contributed by atoms with Gasteiger partial charge in [-0.3, -0.25) is 4.57 Å². The summed E-state index contributed by atoms with van der Waals surface area (Å²) < 4.78 is 12.4. The van der Waals surface area contributed by atoms with Gasteiger partial charge < -0.3 is 4.89 Å². The van der Waals surface area contributed by atoms with Gasteiger partial charge in [-0.05, 0) is 25.7 Å². The molecule has 0 fully saturated rings. The Kier molecular flexibility index (Phi) is 7.56. The Morgan fingerprint density at radius 3 is 1.47 bits per heavy atom. The Labute approximate surface area is 94.9 Å². The maximum Gasteiger partial charge on any atom is 0.206 e. The van der Waals surface area contributed by atoms with E-state index in [-0.39, 0.29) is 11.3 Å². The lowest BCUT2D eigenvalue weighted by molar-refractivity contribution is 0.429. The molecule has 0 aromatic carbocycles. The average molecular weight is 234 g/mol. The standard InChI is InChI=1S/C12H27O2P/c1-5-9-11(7-3)15(13,14)12(8-4)10-6-2/h11-12H,5-10H2,1-4H3,(H,13,14). The van der Waals surface area contributed by atoms with Crippen molar-refractivity contribution < 1.29 is 9.46 Å². The highest BCUT2D eigenvalue weighted by molar-refractivity contribution is 7.59. The van der Waals surface area contributed by atoms with E-state index in [0.717, 1.165) is 38.5 Å². The first kappa shape index (κ1) is 15.2. The number of hydrogen-bond donors (Lipinski definition) is 1. The average Bonchev–Trinajstić information content (AvgIpc) is 2.21. The van der Waals surface area contributed by atoms with Crippen molar-refractivity contribution in [1.82, 2.24) is 0 Å². The van der Waals surface area contributed by atoms with Crippen molar-refractivity contribution in [3.05, 3.63) is 0 Å². The zero-order chi connectivity index (χ0) is 11.9. The zero-order valence-electron chi connectivity index (χ0n) is 10.7. The molecule has 15 heavy (non-hydrogen) atoms. The zero-order valence-corrected chi connectivity index (χ0v) is 11.6. The normalized spacial score (nSPS) is 19.5. The van der Waals surface area contributed by atoms with Crippen molar-refractivity contribution in [3.63, 3.8) is 0 Å². The Balaban J connectivity index is 4.64. The Morgan fingerprint density at radius 1 is 0.933 bits per heavy atom. The van der Waals surface area contributed by atoms with Crippen LogP contribution in [0.15, 0.2) is 0 Å². The lowest BCUT2D eigenvalue weighted by atomic mass is 10.2. The number of rotatable bonds is 8. The third-order valence-corrected chi connectivity index (χ3v) is 6.57. The fraction of sp³-hybridized carbons (Fsp3) is 1.00. The van der Waals surface area contributed by atoms with E-state index in [1.54, 1.807) is 0 Å². The van der Waals surface area contributed by atoms with E-state index in [1.165, 1.54) is 0 Å². The van der Waals surface area contributed by atoms with Crippen LogP contribution in [0, 0.1) is 0 Å². The first-order valence-corrected chi connectivity index (χ1v) is 8.16. The smallest absolute Gasteiger partial charge is 0.206 e. The summed E-state index contributed by atoms with van der Waals surface area (Å²) in [6.07, 6.45) is 5.47. The van der Waals surface area contributed by atoms with E-state index in [4.69, 9.17) is 0 Å². The summed E-state index contributed by atoms with van der Waals surface area (Å²) in [5.74, 6) is 0. The van der Waals surface area contributed by atoms with Gasteiger partial charge in [0.2, 0.25) is 7.37 Å². The van der Waals surface area contributed by atoms with Crippen LogP contribution in [0.1, 0.15) is 66.2 Å². The molecule has 0 amide bonds. The van der Waals surface area contributed by atoms with Crippen LogP contribution in [0.3, 0.4) is 0 Å². The SMILES string of the molecule is CCCC(CC)P(=O)(O)C(CC)CCC. The molecule has 0 saturated heterocycles. The minimum atomic E-state index is -2.95. The first-order valence-electron chi connectivity index (χ1n) is 6.36. The van der Waals surface area contributed by atoms with Crippen molar-refractivity contribution in [1.29, 1.82) is 0 Å². The van der Waals surface area contributed by atoms with Gasteiger partial charge >= 0.3 is 0 Å². The predicted octanol–water partition coefficient (Wildman–Crippen LogP) is 4.41. The van der Waals surface area contributed by atoms with E-state index >= 15 is 0 Å².